The molecular formula is C6H10S3. The molecule has 9 heavy (non-hydrogen) atoms. The fourth-order valence-corrected chi connectivity index (χ4v) is 4.12. The lowest BCUT2D eigenvalue weighted by Crippen LogP contribution is -2.21. The summed E-state index contributed by atoms with van der Waals surface area (Å²) in [5, 5.41) is 2.07. The SMILES string of the molecule is C1SCC1SCC1CS1. The fraction of sp³-hybridized carbons (Fsp3) is 1.00. The lowest BCUT2D eigenvalue weighted by atomic mass is 10.5. The highest BCUT2D eigenvalue weighted by atomic mass is 32.2. The van der Waals surface area contributed by atoms with E-state index in [1.54, 1.807) is 0 Å². The van der Waals surface area contributed by atoms with E-state index in [0.29, 0.717) is 0 Å². The van der Waals surface area contributed by atoms with Crippen molar-refractivity contribution in [2.75, 3.05) is 23.0 Å². The third-order valence-corrected chi connectivity index (χ3v) is 5.81. The maximum absolute atomic E-state index is 2.19. The van der Waals surface area contributed by atoms with Crippen LogP contribution in [0.15, 0.2) is 0 Å². The zero-order valence-electron chi connectivity index (χ0n) is 5.21. The van der Waals surface area contributed by atoms with Crippen LogP contribution in [0.4, 0.5) is 0 Å². The van der Waals surface area contributed by atoms with E-state index < -0.39 is 0 Å². The molecule has 0 nitrogen and oxygen atoms in total. The summed E-state index contributed by atoms with van der Waals surface area (Å²) in [4.78, 5) is 0. The molecule has 0 aromatic rings. The van der Waals surface area contributed by atoms with Gasteiger partial charge in [-0.3, -0.25) is 0 Å². The Morgan fingerprint density at radius 2 is 2.11 bits per heavy atom. The van der Waals surface area contributed by atoms with Crippen molar-refractivity contribution in [1.82, 2.24) is 0 Å². The first-order valence-corrected chi connectivity index (χ1v) is 6.51. The smallest absolute Gasteiger partial charge is 0.0229 e. The van der Waals surface area contributed by atoms with Crippen molar-refractivity contribution >= 4 is 35.3 Å². The van der Waals surface area contributed by atoms with E-state index in [0.717, 1.165) is 10.5 Å². The van der Waals surface area contributed by atoms with Gasteiger partial charge >= 0.3 is 0 Å². The molecule has 0 amide bonds. The summed E-state index contributed by atoms with van der Waals surface area (Å²) in [5.41, 5.74) is 0. The molecule has 0 unspecified atom stereocenters. The molecule has 2 rings (SSSR count). The minimum absolute atomic E-state index is 1.02. The molecule has 0 radical (unpaired) electrons. The lowest BCUT2D eigenvalue weighted by molar-refractivity contribution is 1.08. The molecule has 0 aromatic carbocycles. The zero-order chi connectivity index (χ0) is 6.10. The van der Waals surface area contributed by atoms with Crippen LogP contribution in [-0.2, 0) is 0 Å². The Hall–Kier alpha value is 1.05. The van der Waals surface area contributed by atoms with Gasteiger partial charge in [-0.05, 0) is 0 Å². The second-order valence-corrected chi connectivity index (χ2v) is 6.19. The van der Waals surface area contributed by atoms with Crippen LogP contribution in [0.1, 0.15) is 0 Å². The van der Waals surface area contributed by atoms with Crippen LogP contribution in [-0.4, -0.2) is 33.5 Å². The van der Waals surface area contributed by atoms with Crippen molar-refractivity contribution in [3.8, 4) is 0 Å². The average molecular weight is 178 g/mol. The summed E-state index contributed by atoms with van der Waals surface area (Å²) < 4.78 is 0. The fourth-order valence-electron chi connectivity index (χ4n) is 0.718. The van der Waals surface area contributed by atoms with Gasteiger partial charge in [0.15, 0.2) is 0 Å². The highest BCUT2D eigenvalue weighted by Crippen LogP contribution is 2.37. The first kappa shape index (κ1) is 6.74. The molecule has 0 N–H and O–H groups in total. The highest BCUT2D eigenvalue weighted by molar-refractivity contribution is 8.10. The Bertz CT molecular complexity index is 96.5. The largest absolute Gasteiger partial charge is 0.160 e. The zero-order valence-corrected chi connectivity index (χ0v) is 7.66. The van der Waals surface area contributed by atoms with Gasteiger partial charge < -0.3 is 0 Å². The molecule has 2 aliphatic heterocycles. The van der Waals surface area contributed by atoms with Gasteiger partial charge in [0.1, 0.15) is 0 Å². The van der Waals surface area contributed by atoms with Gasteiger partial charge in [0.05, 0.1) is 0 Å². The van der Waals surface area contributed by atoms with Crippen LogP contribution < -0.4 is 0 Å². The van der Waals surface area contributed by atoms with Gasteiger partial charge in [0.25, 0.3) is 0 Å². The second kappa shape index (κ2) is 2.97. The van der Waals surface area contributed by atoms with Crippen LogP contribution in [0.5, 0.6) is 0 Å². The van der Waals surface area contributed by atoms with Crippen molar-refractivity contribution in [3.63, 3.8) is 0 Å². The molecule has 2 aliphatic rings. The third-order valence-electron chi connectivity index (χ3n) is 1.53. The van der Waals surface area contributed by atoms with Crippen LogP contribution in [0, 0.1) is 0 Å². The van der Waals surface area contributed by atoms with E-state index in [1.807, 2.05) is 0 Å². The Balaban J connectivity index is 1.55. The van der Waals surface area contributed by atoms with Crippen LogP contribution in [0.2, 0.25) is 0 Å². The molecule has 0 saturated carbocycles. The predicted octanol–water partition coefficient (Wildman–Crippen LogP) is 1.95. The molecule has 0 bridgehead atoms. The van der Waals surface area contributed by atoms with Crippen molar-refractivity contribution < 1.29 is 0 Å². The minimum atomic E-state index is 1.02. The van der Waals surface area contributed by atoms with Crippen molar-refractivity contribution in [3.05, 3.63) is 0 Å². The molecule has 2 fully saturated rings. The maximum atomic E-state index is 2.19. The maximum Gasteiger partial charge on any atom is 0.0229 e. The van der Waals surface area contributed by atoms with E-state index in [-0.39, 0.29) is 0 Å². The summed E-state index contributed by atoms with van der Waals surface area (Å²) in [6.07, 6.45) is 0. The Morgan fingerprint density at radius 3 is 2.56 bits per heavy atom. The first-order valence-electron chi connectivity index (χ1n) is 3.26. The standard InChI is InChI=1S/C6H10S3/c1-5(2-7-1)8-3-6-4-9-6/h5-6H,1-4H2. The van der Waals surface area contributed by atoms with Crippen LogP contribution in [0.3, 0.4) is 0 Å². The average Bonchev–Trinajstić information content (AvgIpc) is 2.44. The Morgan fingerprint density at radius 1 is 1.33 bits per heavy atom. The van der Waals surface area contributed by atoms with Gasteiger partial charge in [0.2, 0.25) is 0 Å². The summed E-state index contributed by atoms with van der Waals surface area (Å²) >= 11 is 6.40. The second-order valence-electron chi connectivity index (χ2n) is 2.45. The monoisotopic (exact) mass is 178 g/mol. The number of rotatable bonds is 3. The molecular weight excluding hydrogens is 168 g/mol. The summed E-state index contributed by atoms with van der Waals surface area (Å²) in [6, 6.07) is 0. The number of thioether (sulfide) groups is 3. The minimum Gasteiger partial charge on any atom is -0.160 e. The predicted molar refractivity (Wildman–Crippen MR) is 49.8 cm³/mol. The molecule has 2 saturated heterocycles. The summed E-state index contributed by atoms with van der Waals surface area (Å²) in [6.45, 7) is 0. The number of hydrogen-bond acceptors (Lipinski definition) is 3. The summed E-state index contributed by atoms with van der Waals surface area (Å²) in [7, 11) is 0. The van der Waals surface area contributed by atoms with E-state index in [2.05, 4.69) is 35.3 Å². The molecule has 3 heteroatoms. The first-order chi connectivity index (χ1) is 4.45. The van der Waals surface area contributed by atoms with Crippen LogP contribution >= 0.6 is 35.3 Å². The molecule has 0 spiro atoms. The molecule has 52 valence electrons. The topological polar surface area (TPSA) is 0 Å². The molecule has 0 atom stereocenters. The van der Waals surface area contributed by atoms with Gasteiger partial charge in [-0.25, -0.2) is 0 Å². The Kier molecular flexibility index (Phi) is 2.23. The van der Waals surface area contributed by atoms with E-state index in [4.69, 9.17) is 0 Å². The van der Waals surface area contributed by atoms with Gasteiger partial charge in [-0.2, -0.15) is 35.3 Å². The van der Waals surface area contributed by atoms with Crippen molar-refractivity contribution in [1.29, 1.82) is 0 Å². The van der Waals surface area contributed by atoms with E-state index in [9.17, 15) is 0 Å². The highest BCUT2D eigenvalue weighted by Gasteiger charge is 2.26. The van der Waals surface area contributed by atoms with Gasteiger partial charge in [-0.1, -0.05) is 0 Å². The third kappa shape index (κ3) is 1.99. The number of hydrogen-bond donors (Lipinski definition) is 0. The van der Waals surface area contributed by atoms with Crippen LogP contribution in [0.25, 0.3) is 0 Å². The van der Waals surface area contributed by atoms with Crippen molar-refractivity contribution in [2.24, 2.45) is 0 Å². The quantitative estimate of drug-likeness (QED) is 0.606. The van der Waals surface area contributed by atoms with Gasteiger partial charge in [0, 0.05) is 33.5 Å². The van der Waals surface area contributed by atoms with Crippen molar-refractivity contribution in [2.45, 2.75) is 10.5 Å². The van der Waals surface area contributed by atoms with E-state index in [1.165, 1.54) is 23.0 Å². The molecule has 0 aliphatic carbocycles. The lowest BCUT2D eigenvalue weighted by Gasteiger charge is -2.23. The molecule has 2 heterocycles. The summed E-state index contributed by atoms with van der Waals surface area (Å²) in [5.74, 6) is 5.70. The normalized spacial score (nSPS) is 34.0. The Labute approximate surface area is 68.9 Å². The van der Waals surface area contributed by atoms with E-state index >= 15 is 0 Å². The van der Waals surface area contributed by atoms with Gasteiger partial charge in [-0.15, -0.1) is 0 Å². The molecule has 0 aromatic heterocycles.